The van der Waals surface area contributed by atoms with E-state index in [2.05, 4.69) is 26.0 Å². The molecule has 1 N–H and O–H groups in total. The van der Waals surface area contributed by atoms with E-state index >= 15 is 0 Å². The van der Waals surface area contributed by atoms with Gasteiger partial charge in [-0.05, 0) is 22.9 Å². The van der Waals surface area contributed by atoms with Crippen LogP contribution in [0.15, 0.2) is 16.7 Å². The summed E-state index contributed by atoms with van der Waals surface area (Å²) in [5.41, 5.74) is 0.349. The fourth-order valence-corrected chi connectivity index (χ4v) is 2.23. The zero-order valence-electron chi connectivity index (χ0n) is 10.5. The molecule has 8 nitrogen and oxygen atoms in total. The second-order valence-corrected chi connectivity index (χ2v) is 4.95. The molecular formula is C11H9BrN4O4. The minimum Gasteiger partial charge on any atom is -0.476 e. The van der Waals surface area contributed by atoms with Crippen molar-refractivity contribution in [2.24, 2.45) is 7.05 Å². The number of hydrogen-bond donors (Lipinski definition) is 1. The first-order chi connectivity index (χ1) is 9.32. The Kier molecular flexibility index (Phi) is 3.53. The number of hydrogen-bond acceptors (Lipinski definition) is 5. The Morgan fingerprint density at radius 1 is 1.55 bits per heavy atom. The second-order valence-electron chi connectivity index (χ2n) is 4.03. The SMILES string of the molecule is Cc1c(C(=O)O)nn(C)c1-c1ncc(Br)cc1[N+](=O)[O-]. The molecule has 0 spiro atoms. The van der Waals surface area contributed by atoms with Crippen molar-refractivity contribution in [3.8, 4) is 11.4 Å². The molecular weight excluding hydrogens is 332 g/mol. The van der Waals surface area contributed by atoms with E-state index in [1.165, 1.54) is 24.0 Å². The average Bonchev–Trinajstić information content (AvgIpc) is 2.65. The van der Waals surface area contributed by atoms with Crippen LogP contribution in [0.3, 0.4) is 0 Å². The molecule has 104 valence electrons. The maximum atomic E-state index is 11.1. The van der Waals surface area contributed by atoms with Crippen molar-refractivity contribution in [1.29, 1.82) is 0 Å². The van der Waals surface area contributed by atoms with Crippen molar-refractivity contribution < 1.29 is 14.8 Å². The molecule has 9 heteroatoms. The van der Waals surface area contributed by atoms with Crippen LogP contribution in [0.4, 0.5) is 5.69 Å². The Hall–Kier alpha value is -2.29. The smallest absolute Gasteiger partial charge is 0.356 e. The number of nitro groups is 1. The van der Waals surface area contributed by atoms with Gasteiger partial charge in [0.1, 0.15) is 0 Å². The Bertz CT molecular complexity index is 725. The van der Waals surface area contributed by atoms with E-state index in [4.69, 9.17) is 5.11 Å². The van der Waals surface area contributed by atoms with Crippen molar-refractivity contribution >= 4 is 27.6 Å². The third kappa shape index (κ3) is 2.27. The third-order valence-corrected chi connectivity index (χ3v) is 3.18. The summed E-state index contributed by atoms with van der Waals surface area (Å²) >= 11 is 3.12. The fourth-order valence-electron chi connectivity index (χ4n) is 1.91. The van der Waals surface area contributed by atoms with Gasteiger partial charge in [-0.2, -0.15) is 5.10 Å². The van der Waals surface area contributed by atoms with E-state index in [1.54, 1.807) is 6.92 Å². The molecule has 0 radical (unpaired) electrons. The molecule has 2 aromatic rings. The highest BCUT2D eigenvalue weighted by atomic mass is 79.9. The average molecular weight is 341 g/mol. The van der Waals surface area contributed by atoms with E-state index in [0.717, 1.165) is 0 Å². The first kappa shape index (κ1) is 14.1. The van der Waals surface area contributed by atoms with Crippen LogP contribution in [0.25, 0.3) is 11.4 Å². The number of aromatic carboxylic acids is 1. The maximum absolute atomic E-state index is 11.1. The van der Waals surface area contributed by atoms with Crippen LogP contribution in [0, 0.1) is 17.0 Å². The molecule has 20 heavy (non-hydrogen) atoms. The summed E-state index contributed by atoms with van der Waals surface area (Å²) in [5.74, 6) is -1.19. The molecule has 2 heterocycles. The second kappa shape index (κ2) is 5.00. The van der Waals surface area contributed by atoms with Gasteiger partial charge in [0.15, 0.2) is 11.4 Å². The predicted molar refractivity (Wildman–Crippen MR) is 72.5 cm³/mol. The fraction of sp³-hybridized carbons (Fsp3) is 0.182. The van der Waals surface area contributed by atoms with E-state index in [-0.39, 0.29) is 17.1 Å². The summed E-state index contributed by atoms with van der Waals surface area (Å²) < 4.78 is 1.74. The number of carboxylic acid groups (broad SMARTS) is 1. The lowest BCUT2D eigenvalue weighted by atomic mass is 10.1. The number of carboxylic acids is 1. The molecule has 0 aliphatic heterocycles. The van der Waals surface area contributed by atoms with Gasteiger partial charge in [-0.15, -0.1) is 0 Å². The highest BCUT2D eigenvalue weighted by Gasteiger charge is 2.26. The largest absolute Gasteiger partial charge is 0.476 e. The summed E-state index contributed by atoms with van der Waals surface area (Å²) in [5, 5.41) is 24.0. The summed E-state index contributed by atoms with van der Waals surface area (Å²) in [6.07, 6.45) is 1.41. The Labute approximate surface area is 121 Å². The first-order valence-corrected chi connectivity index (χ1v) is 6.19. The lowest BCUT2D eigenvalue weighted by Crippen LogP contribution is -2.01. The van der Waals surface area contributed by atoms with E-state index < -0.39 is 10.9 Å². The lowest BCUT2D eigenvalue weighted by Gasteiger charge is -2.04. The van der Waals surface area contributed by atoms with Gasteiger partial charge in [0, 0.05) is 29.3 Å². The van der Waals surface area contributed by atoms with Gasteiger partial charge in [-0.1, -0.05) is 0 Å². The van der Waals surface area contributed by atoms with Crippen molar-refractivity contribution in [3.63, 3.8) is 0 Å². The van der Waals surface area contributed by atoms with Crippen LogP contribution < -0.4 is 0 Å². The molecule has 0 aliphatic rings. The minimum absolute atomic E-state index is 0.0817. The molecule has 0 bridgehead atoms. The molecule has 2 rings (SSSR count). The molecule has 0 unspecified atom stereocenters. The van der Waals surface area contributed by atoms with E-state index in [0.29, 0.717) is 15.7 Å². The Morgan fingerprint density at radius 2 is 2.20 bits per heavy atom. The molecule has 0 saturated heterocycles. The number of rotatable bonds is 3. The van der Waals surface area contributed by atoms with Gasteiger partial charge < -0.3 is 5.11 Å². The number of pyridine rings is 1. The quantitative estimate of drug-likeness (QED) is 0.676. The van der Waals surface area contributed by atoms with Crippen LogP contribution in [-0.2, 0) is 7.05 Å². The molecule has 0 atom stereocenters. The highest BCUT2D eigenvalue weighted by molar-refractivity contribution is 9.10. The number of aryl methyl sites for hydroxylation is 1. The maximum Gasteiger partial charge on any atom is 0.356 e. The molecule has 0 saturated carbocycles. The highest BCUT2D eigenvalue weighted by Crippen LogP contribution is 2.32. The summed E-state index contributed by atoms with van der Waals surface area (Å²) in [7, 11) is 1.52. The summed E-state index contributed by atoms with van der Waals surface area (Å²) in [6.45, 7) is 1.54. The van der Waals surface area contributed by atoms with Gasteiger partial charge in [0.2, 0.25) is 0 Å². The zero-order chi connectivity index (χ0) is 15.0. The molecule has 0 aromatic carbocycles. The van der Waals surface area contributed by atoms with E-state index in [1.807, 2.05) is 0 Å². The van der Waals surface area contributed by atoms with Crippen LogP contribution in [0.5, 0.6) is 0 Å². The first-order valence-electron chi connectivity index (χ1n) is 5.40. The monoisotopic (exact) mass is 340 g/mol. The number of halogens is 1. The van der Waals surface area contributed by atoms with E-state index in [9.17, 15) is 14.9 Å². The van der Waals surface area contributed by atoms with Crippen LogP contribution in [0.2, 0.25) is 0 Å². The normalized spacial score (nSPS) is 10.6. The molecule has 0 fully saturated rings. The summed E-state index contributed by atoms with van der Waals surface area (Å²) in [6, 6.07) is 1.31. The van der Waals surface area contributed by atoms with Gasteiger partial charge in [0.25, 0.3) is 5.69 Å². The van der Waals surface area contributed by atoms with Gasteiger partial charge in [0.05, 0.1) is 10.6 Å². The molecule has 2 aromatic heterocycles. The van der Waals surface area contributed by atoms with Crippen molar-refractivity contribution in [3.05, 3.63) is 38.1 Å². The molecule has 0 aliphatic carbocycles. The minimum atomic E-state index is -1.19. The topological polar surface area (TPSA) is 111 Å². The summed E-state index contributed by atoms with van der Waals surface area (Å²) in [4.78, 5) is 25.6. The van der Waals surface area contributed by atoms with Crippen LogP contribution in [-0.4, -0.2) is 30.8 Å². The van der Waals surface area contributed by atoms with Crippen LogP contribution >= 0.6 is 15.9 Å². The van der Waals surface area contributed by atoms with Gasteiger partial charge in [-0.25, -0.2) is 9.78 Å². The Morgan fingerprint density at radius 3 is 2.70 bits per heavy atom. The number of nitrogens with zero attached hydrogens (tertiary/aromatic N) is 4. The Balaban J connectivity index is 2.75. The third-order valence-electron chi connectivity index (χ3n) is 2.74. The standard InChI is InChI=1S/C11H9BrN4O4/c1-5-8(11(17)18)14-15(2)10(5)9-7(16(19)20)3-6(12)4-13-9/h3-4H,1-2H3,(H,17,18). The van der Waals surface area contributed by atoms with Gasteiger partial charge in [-0.3, -0.25) is 14.8 Å². The van der Waals surface area contributed by atoms with Crippen LogP contribution in [0.1, 0.15) is 16.1 Å². The van der Waals surface area contributed by atoms with Crippen molar-refractivity contribution in [2.45, 2.75) is 6.92 Å². The van der Waals surface area contributed by atoms with Crippen molar-refractivity contribution in [1.82, 2.24) is 14.8 Å². The number of carbonyl (C=O) groups is 1. The number of aromatic nitrogens is 3. The molecule has 0 amide bonds. The van der Waals surface area contributed by atoms with Crippen molar-refractivity contribution in [2.75, 3.05) is 0 Å². The zero-order valence-corrected chi connectivity index (χ0v) is 12.1. The predicted octanol–water partition coefficient (Wildman–Crippen LogP) is 2.16. The van der Waals surface area contributed by atoms with Gasteiger partial charge >= 0.3 is 5.97 Å². The lowest BCUT2D eigenvalue weighted by molar-refractivity contribution is -0.384.